The lowest BCUT2D eigenvalue weighted by atomic mass is 9.89. The molecule has 2 fully saturated rings. The Morgan fingerprint density at radius 2 is 1.72 bits per heavy atom. The number of anilines is 1. The number of aryl methyl sites for hydroxylation is 1. The monoisotopic (exact) mass is 402 g/mol. The lowest BCUT2D eigenvalue weighted by molar-refractivity contribution is -0.122. The van der Waals surface area contributed by atoms with Crippen LogP contribution in [0.25, 0.3) is 0 Å². The lowest BCUT2D eigenvalue weighted by Gasteiger charge is -2.40. The van der Waals surface area contributed by atoms with Crippen molar-refractivity contribution >= 4 is 11.6 Å². The molecule has 4 heteroatoms. The predicted molar refractivity (Wildman–Crippen MR) is 119 cm³/mol. The third kappa shape index (κ3) is 6.28. The van der Waals surface area contributed by atoms with Crippen LogP contribution in [0.3, 0.4) is 0 Å². The third-order valence-corrected chi connectivity index (χ3v) is 6.69. The maximum atomic E-state index is 15.9. The normalized spacial score (nSPS) is 20.7. The van der Waals surface area contributed by atoms with Gasteiger partial charge in [-0.05, 0) is 63.1 Å². The second-order valence-electron chi connectivity index (χ2n) is 10.5. The van der Waals surface area contributed by atoms with Gasteiger partial charge in [0, 0.05) is 24.7 Å². The molecule has 3 rings (SSSR count). The molecule has 1 aromatic carbocycles. The standard InChI is InChI=1S/C25H39FN2O/c1-20-9-11-22(12-10-20)28(23(29)21-7-5-6-8-21)19-25(26)14-17-27(18-15-25)16-13-24(2,3)4/h9-12,21H,5-8,13-19H2,1-4H3. The Balaban J connectivity index is 1.67. The van der Waals surface area contributed by atoms with Crippen molar-refractivity contribution in [3.05, 3.63) is 29.8 Å². The molecule has 1 aromatic rings. The van der Waals surface area contributed by atoms with Crippen molar-refractivity contribution in [1.82, 2.24) is 4.90 Å². The van der Waals surface area contributed by atoms with E-state index in [9.17, 15) is 4.79 Å². The summed E-state index contributed by atoms with van der Waals surface area (Å²) in [5, 5.41) is 0. The van der Waals surface area contributed by atoms with E-state index < -0.39 is 5.67 Å². The number of nitrogens with zero attached hydrogens (tertiary/aromatic N) is 2. The number of rotatable bonds is 6. The van der Waals surface area contributed by atoms with Gasteiger partial charge in [0.2, 0.25) is 5.91 Å². The molecule has 0 atom stereocenters. The zero-order valence-electron chi connectivity index (χ0n) is 18.8. The fraction of sp³-hybridized carbons (Fsp3) is 0.720. The van der Waals surface area contributed by atoms with Gasteiger partial charge in [-0.1, -0.05) is 51.3 Å². The van der Waals surface area contributed by atoms with E-state index in [0.29, 0.717) is 18.3 Å². The van der Waals surface area contributed by atoms with Gasteiger partial charge < -0.3 is 9.80 Å². The van der Waals surface area contributed by atoms with Crippen LogP contribution in [0.1, 0.15) is 71.3 Å². The van der Waals surface area contributed by atoms with E-state index in [0.717, 1.165) is 63.0 Å². The van der Waals surface area contributed by atoms with Crippen molar-refractivity contribution in [2.75, 3.05) is 31.1 Å². The second-order valence-corrected chi connectivity index (χ2v) is 10.5. The molecule has 0 N–H and O–H groups in total. The molecule has 1 amide bonds. The molecule has 2 aliphatic rings. The van der Waals surface area contributed by atoms with Crippen LogP contribution in [0.4, 0.5) is 10.1 Å². The Bertz CT molecular complexity index is 665. The summed E-state index contributed by atoms with van der Waals surface area (Å²) in [6.45, 7) is 11.6. The summed E-state index contributed by atoms with van der Waals surface area (Å²) in [6, 6.07) is 7.99. The van der Waals surface area contributed by atoms with Crippen LogP contribution >= 0.6 is 0 Å². The highest BCUT2D eigenvalue weighted by Crippen LogP contribution is 2.34. The number of carbonyl (C=O) groups excluding carboxylic acids is 1. The van der Waals surface area contributed by atoms with E-state index in [4.69, 9.17) is 0 Å². The van der Waals surface area contributed by atoms with Crippen molar-refractivity contribution < 1.29 is 9.18 Å². The van der Waals surface area contributed by atoms with Gasteiger partial charge in [-0.15, -0.1) is 0 Å². The molecule has 0 aromatic heterocycles. The Morgan fingerprint density at radius 1 is 1.14 bits per heavy atom. The summed E-state index contributed by atoms with van der Waals surface area (Å²) in [7, 11) is 0. The Hall–Kier alpha value is -1.42. The Kier molecular flexibility index (Phi) is 7.03. The number of benzene rings is 1. The van der Waals surface area contributed by atoms with E-state index in [1.807, 2.05) is 31.2 Å². The highest BCUT2D eigenvalue weighted by Gasteiger charge is 2.39. The second kappa shape index (κ2) is 9.16. The quantitative estimate of drug-likeness (QED) is 0.604. The number of piperidine rings is 1. The summed E-state index contributed by atoms with van der Waals surface area (Å²) in [5.74, 6) is 0.185. The number of halogens is 1. The summed E-state index contributed by atoms with van der Waals surface area (Å²) in [6.07, 6.45) is 6.27. The van der Waals surface area contributed by atoms with Gasteiger partial charge in [0.15, 0.2) is 0 Å². The highest BCUT2D eigenvalue weighted by molar-refractivity contribution is 5.95. The van der Waals surface area contributed by atoms with E-state index in [1.54, 1.807) is 4.90 Å². The fourth-order valence-corrected chi connectivity index (χ4v) is 4.53. The van der Waals surface area contributed by atoms with Gasteiger partial charge in [-0.2, -0.15) is 0 Å². The number of likely N-dealkylation sites (tertiary alicyclic amines) is 1. The van der Waals surface area contributed by atoms with Crippen molar-refractivity contribution in [1.29, 1.82) is 0 Å². The molecule has 0 radical (unpaired) electrons. The first-order valence-corrected chi connectivity index (χ1v) is 11.4. The number of alkyl halides is 1. The summed E-state index contributed by atoms with van der Waals surface area (Å²) in [4.78, 5) is 17.4. The molecule has 0 unspecified atom stereocenters. The smallest absolute Gasteiger partial charge is 0.230 e. The summed E-state index contributed by atoms with van der Waals surface area (Å²) in [5.41, 5.74) is 1.02. The van der Waals surface area contributed by atoms with Crippen LogP contribution in [0.15, 0.2) is 24.3 Å². The average molecular weight is 403 g/mol. The van der Waals surface area contributed by atoms with E-state index >= 15 is 4.39 Å². The summed E-state index contributed by atoms with van der Waals surface area (Å²) >= 11 is 0. The topological polar surface area (TPSA) is 23.6 Å². The van der Waals surface area contributed by atoms with Crippen LogP contribution in [0.5, 0.6) is 0 Å². The number of hydrogen-bond acceptors (Lipinski definition) is 2. The highest BCUT2D eigenvalue weighted by atomic mass is 19.1. The number of hydrogen-bond donors (Lipinski definition) is 0. The van der Waals surface area contributed by atoms with Gasteiger partial charge in [-0.3, -0.25) is 4.79 Å². The molecule has 29 heavy (non-hydrogen) atoms. The first kappa shape index (κ1) is 22.3. The molecule has 1 heterocycles. The summed E-state index contributed by atoms with van der Waals surface area (Å²) < 4.78 is 15.9. The minimum Gasteiger partial charge on any atom is -0.309 e. The Labute approximate surface area is 176 Å². The van der Waals surface area contributed by atoms with Crippen molar-refractivity contribution in [2.24, 2.45) is 11.3 Å². The van der Waals surface area contributed by atoms with Gasteiger partial charge in [-0.25, -0.2) is 4.39 Å². The Morgan fingerprint density at radius 3 is 2.28 bits per heavy atom. The minimum absolute atomic E-state index is 0.0618. The SMILES string of the molecule is Cc1ccc(N(CC2(F)CCN(CCC(C)(C)C)CC2)C(=O)C2CCCC2)cc1. The predicted octanol–water partition coefficient (Wildman–Crippen LogP) is 5.76. The molecule has 1 aliphatic carbocycles. The molecule has 0 spiro atoms. The average Bonchev–Trinajstić information content (AvgIpc) is 3.20. The van der Waals surface area contributed by atoms with Gasteiger partial charge in [0.1, 0.15) is 5.67 Å². The van der Waals surface area contributed by atoms with Crippen LogP contribution in [-0.4, -0.2) is 42.7 Å². The lowest BCUT2D eigenvalue weighted by Crippen LogP contribution is -2.51. The van der Waals surface area contributed by atoms with E-state index in [1.165, 1.54) is 0 Å². The zero-order chi connectivity index (χ0) is 21.1. The molecule has 1 saturated heterocycles. The van der Waals surface area contributed by atoms with Crippen molar-refractivity contribution in [2.45, 2.75) is 78.3 Å². The van der Waals surface area contributed by atoms with Crippen LogP contribution in [-0.2, 0) is 4.79 Å². The number of amides is 1. The zero-order valence-corrected chi connectivity index (χ0v) is 18.8. The molecule has 162 valence electrons. The van der Waals surface area contributed by atoms with Crippen molar-refractivity contribution in [3.8, 4) is 0 Å². The van der Waals surface area contributed by atoms with Crippen LogP contribution in [0, 0.1) is 18.3 Å². The van der Waals surface area contributed by atoms with E-state index in [2.05, 4.69) is 25.7 Å². The largest absolute Gasteiger partial charge is 0.309 e. The third-order valence-electron chi connectivity index (χ3n) is 6.69. The maximum absolute atomic E-state index is 15.9. The minimum atomic E-state index is -1.29. The molecule has 1 aliphatic heterocycles. The molecular weight excluding hydrogens is 363 g/mol. The number of carbonyl (C=O) groups is 1. The van der Waals surface area contributed by atoms with Gasteiger partial charge in [0.05, 0.1) is 6.54 Å². The van der Waals surface area contributed by atoms with Crippen molar-refractivity contribution in [3.63, 3.8) is 0 Å². The molecule has 0 bridgehead atoms. The van der Waals surface area contributed by atoms with Crippen LogP contribution < -0.4 is 4.90 Å². The first-order valence-electron chi connectivity index (χ1n) is 11.4. The molecular formula is C25H39FN2O. The molecule has 3 nitrogen and oxygen atoms in total. The van der Waals surface area contributed by atoms with Gasteiger partial charge >= 0.3 is 0 Å². The first-order chi connectivity index (χ1) is 13.7. The van der Waals surface area contributed by atoms with Crippen LogP contribution in [0.2, 0.25) is 0 Å². The molecule has 1 saturated carbocycles. The van der Waals surface area contributed by atoms with E-state index in [-0.39, 0.29) is 18.4 Å². The fourth-order valence-electron chi connectivity index (χ4n) is 4.53. The maximum Gasteiger partial charge on any atom is 0.230 e. The van der Waals surface area contributed by atoms with Gasteiger partial charge in [0.25, 0.3) is 0 Å².